The standard InChI is InChI=1S/C14H22N2O2.ClH/c1-3-12-4-6-13(7-5-12)18-10-14(17)16-9-8-11(2)15;/h4-7,11H,3,8-10,15H2,1-2H3,(H,16,17);1H. The predicted molar refractivity (Wildman–Crippen MR) is 79.8 cm³/mol. The Hall–Kier alpha value is -1.26. The molecule has 1 aromatic carbocycles. The highest BCUT2D eigenvalue weighted by molar-refractivity contribution is 5.85. The van der Waals surface area contributed by atoms with Crippen molar-refractivity contribution < 1.29 is 9.53 Å². The lowest BCUT2D eigenvalue weighted by atomic mass is 10.2. The number of amides is 1. The van der Waals surface area contributed by atoms with E-state index >= 15 is 0 Å². The Morgan fingerprint density at radius 3 is 2.53 bits per heavy atom. The molecule has 0 aliphatic heterocycles. The number of nitrogens with two attached hydrogens (primary N) is 1. The number of aryl methyl sites for hydroxylation is 1. The molecule has 3 N–H and O–H groups in total. The monoisotopic (exact) mass is 286 g/mol. The van der Waals surface area contributed by atoms with Gasteiger partial charge in [0.1, 0.15) is 5.75 Å². The van der Waals surface area contributed by atoms with E-state index in [4.69, 9.17) is 10.5 Å². The Morgan fingerprint density at radius 2 is 2.00 bits per heavy atom. The van der Waals surface area contributed by atoms with Crippen LogP contribution in [0.15, 0.2) is 24.3 Å². The Kier molecular flexibility index (Phi) is 9.00. The molecule has 0 saturated heterocycles. The topological polar surface area (TPSA) is 64.3 Å². The zero-order valence-corrected chi connectivity index (χ0v) is 12.3. The molecule has 0 radical (unpaired) electrons. The number of halogens is 1. The average molecular weight is 287 g/mol. The molecule has 1 aromatic rings. The smallest absolute Gasteiger partial charge is 0.257 e. The summed E-state index contributed by atoms with van der Waals surface area (Å²) in [7, 11) is 0. The molecule has 0 bridgehead atoms. The number of ether oxygens (including phenoxy) is 1. The van der Waals surface area contributed by atoms with E-state index < -0.39 is 0 Å². The Bertz CT molecular complexity index is 366. The van der Waals surface area contributed by atoms with E-state index in [2.05, 4.69) is 12.2 Å². The second-order valence-electron chi connectivity index (χ2n) is 4.40. The molecule has 0 heterocycles. The van der Waals surface area contributed by atoms with E-state index in [0.717, 1.165) is 18.6 Å². The highest BCUT2D eigenvalue weighted by Crippen LogP contribution is 2.12. The molecule has 5 heteroatoms. The SMILES string of the molecule is CCc1ccc(OCC(=O)NCCC(C)N)cc1.Cl. The van der Waals surface area contributed by atoms with Gasteiger partial charge in [0.05, 0.1) is 0 Å². The van der Waals surface area contributed by atoms with Gasteiger partial charge in [-0.25, -0.2) is 0 Å². The first-order valence-corrected chi connectivity index (χ1v) is 6.35. The number of hydrogen-bond donors (Lipinski definition) is 2. The van der Waals surface area contributed by atoms with E-state index in [-0.39, 0.29) is 31.0 Å². The van der Waals surface area contributed by atoms with Crippen LogP contribution >= 0.6 is 12.4 Å². The lowest BCUT2D eigenvalue weighted by molar-refractivity contribution is -0.123. The van der Waals surface area contributed by atoms with Crippen LogP contribution in [0.5, 0.6) is 5.75 Å². The second kappa shape index (κ2) is 9.64. The van der Waals surface area contributed by atoms with Gasteiger partial charge in [-0.05, 0) is 37.5 Å². The highest BCUT2D eigenvalue weighted by Gasteiger charge is 2.03. The van der Waals surface area contributed by atoms with Gasteiger partial charge in [-0.15, -0.1) is 12.4 Å². The summed E-state index contributed by atoms with van der Waals surface area (Å²) in [4.78, 5) is 11.4. The van der Waals surface area contributed by atoms with Crippen LogP contribution in [0, 0.1) is 0 Å². The van der Waals surface area contributed by atoms with Crippen LogP contribution in [0.25, 0.3) is 0 Å². The number of nitrogens with one attached hydrogen (secondary N) is 1. The highest BCUT2D eigenvalue weighted by atomic mass is 35.5. The van der Waals surface area contributed by atoms with Crippen molar-refractivity contribution in [2.75, 3.05) is 13.2 Å². The molecule has 0 saturated carbocycles. The quantitative estimate of drug-likeness (QED) is 0.805. The van der Waals surface area contributed by atoms with Crippen LogP contribution in [-0.2, 0) is 11.2 Å². The lowest BCUT2D eigenvalue weighted by Crippen LogP contribution is -2.32. The van der Waals surface area contributed by atoms with E-state index in [1.165, 1.54) is 5.56 Å². The molecule has 4 nitrogen and oxygen atoms in total. The number of rotatable bonds is 7. The molecule has 0 aliphatic rings. The second-order valence-corrected chi connectivity index (χ2v) is 4.40. The Labute approximate surface area is 121 Å². The van der Waals surface area contributed by atoms with Gasteiger partial charge < -0.3 is 15.8 Å². The van der Waals surface area contributed by atoms with Gasteiger partial charge in [0.25, 0.3) is 5.91 Å². The minimum absolute atomic E-state index is 0. The summed E-state index contributed by atoms with van der Waals surface area (Å²) in [6, 6.07) is 7.88. The number of hydrogen-bond acceptors (Lipinski definition) is 3. The zero-order chi connectivity index (χ0) is 13.4. The summed E-state index contributed by atoms with van der Waals surface area (Å²) in [6.07, 6.45) is 1.77. The van der Waals surface area contributed by atoms with Crippen molar-refractivity contribution in [3.8, 4) is 5.75 Å². The summed E-state index contributed by atoms with van der Waals surface area (Å²) >= 11 is 0. The molecule has 0 fully saturated rings. The van der Waals surface area contributed by atoms with Crippen molar-refractivity contribution in [1.29, 1.82) is 0 Å². The van der Waals surface area contributed by atoms with Gasteiger partial charge in [0.2, 0.25) is 0 Å². The van der Waals surface area contributed by atoms with Crippen LogP contribution in [-0.4, -0.2) is 25.1 Å². The van der Waals surface area contributed by atoms with Crippen molar-refractivity contribution in [2.24, 2.45) is 5.73 Å². The van der Waals surface area contributed by atoms with Crippen LogP contribution in [0.2, 0.25) is 0 Å². The van der Waals surface area contributed by atoms with Crippen molar-refractivity contribution in [3.05, 3.63) is 29.8 Å². The van der Waals surface area contributed by atoms with E-state index in [9.17, 15) is 4.79 Å². The van der Waals surface area contributed by atoms with Crippen LogP contribution in [0.1, 0.15) is 25.8 Å². The van der Waals surface area contributed by atoms with E-state index in [1.54, 1.807) is 0 Å². The van der Waals surface area contributed by atoms with E-state index in [1.807, 2.05) is 31.2 Å². The fraction of sp³-hybridized carbons (Fsp3) is 0.500. The average Bonchev–Trinajstić information content (AvgIpc) is 2.36. The summed E-state index contributed by atoms with van der Waals surface area (Å²) < 4.78 is 5.38. The van der Waals surface area contributed by atoms with Gasteiger partial charge in [-0.2, -0.15) is 0 Å². The van der Waals surface area contributed by atoms with Crippen LogP contribution < -0.4 is 15.8 Å². The third kappa shape index (κ3) is 7.70. The minimum Gasteiger partial charge on any atom is -0.484 e. The van der Waals surface area contributed by atoms with Crippen molar-refractivity contribution >= 4 is 18.3 Å². The third-order valence-corrected chi connectivity index (χ3v) is 2.62. The maximum absolute atomic E-state index is 11.4. The maximum atomic E-state index is 11.4. The third-order valence-electron chi connectivity index (χ3n) is 2.62. The first-order chi connectivity index (χ1) is 8.61. The molecule has 0 spiro atoms. The van der Waals surface area contributed by atoms with Crippen molar-refractivity contribution in [3.63, 3.8) is 0 Å². The van der Waals surface area contributed by atoms with Gasteiger partial charge >= 0.3 is 0 Å². The maximum Gasteiger partial charge on any atom is 0.257 e. The minimum atomic E-state index is -0.116. The molecule has 0 aliphatic carbocycles. The fourth-order valence-corrected chi connectivity index (χ4v) is 1.46. The van der Waals surface area contributed by atoms with E-state index in [0.29, 0.717) is 6.54 Å². The zero-order valence-electron chi connectivity index (χ0n) is 11.5. The summed E-state index contributed by atoms with van der Waals surface area (Å²) in [5, 5.41) is 2.76. The van der Waals surface area contributed by atoms with Crippen molar-refractivity contribution in [1.82, 2.24) is 5.32 Å². The van der Waals surface area contributed by atoms with Crippen LogP contribution in [0.3, 0.4) is 0 Å². The largest absolute Gasteiger partial charge is 0.484 e. The van der Waals surface area contributed by atoms with Gasteiger partial charge in [0.15, 0.2) is 6.61 Å². The molecular formula is C14H23ClN2O2. The van der Waals surface area contributed by atoms with Gasteiger partial charge in [-0.1, -0.05) is 19.1 Å². The molecule has 19 heavy (non-hydrogen) atoms. The molecule has 1 atom stereocenters. The summed E-state index contributed by atoms with van der Waals surface area (Å²) in [5.41, 5.74) is 6.84. The van der Waals surface area contributed by atoms with Crippen LogP contribution in [0.4, 0.5) is 0 Å². The summed E-state index contributed by atoms with van der Waals surface area (Å²) in [6.45, 7) is 4.65. The first-order valence-electron chi connectivity index (χ1n) is 6.35. The normalized spacial score (nSPS) is 11.3. The first kappa shape index (κ1) is 17.7. The number of carbonyl (C=O) groups excluding carboxylic acids is 1. The van der Waals surface area contributed by atoms with Gasteiger partial charge in [0, 0.05) is 12.6 Å². The summed E-state index contributed by atoms with van der Waals surface area (Å²) in [5.74, 6) is 0.602. The predicted octanol–water partition coefficient (Wildman–Crippen LogP) is 1.90. The Balaban J connectivity index is 0.00000324. The van der Waals surface area contributed by atoms with Gasteiger partial charge in [-0.3, -0.25) is 4.79 Å². The molecular weight excluding hydrogens is 264 g/mol. The molecule has 1 unspecified atom stereocenters. The Morgan fingerprint density at radius 1 is 1.37 bits per heavy atom. The number of benzene rings is 1. The molecule has 108 valence electrons. The lowest BCUT2D eigenvalue weighted by Gasteiger charge is -2.09. The van der Waals surface area contributed by atoms with Crippen molar-refractivity contribution in [2.45, 2.75) is 32.7 Å². The molecule has 0 aromatic heterocycles. The number of carbonyl (C=O) groups is 1. The fourth-order valence-electron chi connectivity index (χ4n) is 1.46. The molecule has 1 amide bonds. The molecule has 1 rings (SSSR count).